The number of anilines is 1. The summed E-state index contributed by atoms with van der Waals surface area (Å²) in [6.45, 7) is 1.65. The number of amides is 1. The summed E-state index contributed by atoms with van der Waals surface area (Å²) in [4.78, 5) is 12.4. The first kappa shape index (κ1) is 11.4. The average molecular weight is 230 g/mol. The lowest BCUT2D eigenvalue weighted by Crippen LogP contribution is -2.20. The van der Waals surface area contributed by atoms with Gasteiger partial charge in [-0.1, -0.05) is 6.07 Å². The second-order valence-corrected chi connectivity index (χ2v) is 4.37. The van der Waals surface area contributed by atoms with Gasteiger partial charge in [-0.2, -0.15) is 0 Å². The molecule has 0 bridgehead atoms. The van der Waals surface area contributed by atoms with Gasteiger partial charge in [-0.05, 0) is 31.4 Å². The van der Waals surface area contributed by atoms with Crippen LogP contribution in [0, 0.1) is 0 Å². The standard InChI is InChI=1S/C10H12ClNOS/c1-7(11)10(13)12-8-4-3-5-9(6-8)14-2/h3-7H,1-2H3,(H,12,13)/t7-/m0/s1. The van der Waals surface area contributed by atoms with E-state index in [1.54, 1.807) is 18.7 Å². The van der Waals surface area contributed by atoms with Gasteiger partial charge in [-0.15, -0.1) is 23.4 Å². The van der Waals surface area contributed by atoms with Gasteiger partial charge in [-0.25, -0.2) is 0 Å². The van der Waals surface area contributed by atoms with Gasteiger partial charge in [0.1, 0.15) is 5.38 Å². The molecule has 0 fully saturated rings. The first-order chi connectivity index (χ1) is 6.63. The van der Waals surface area contributed by atoms with Crippen molar-refractivity contribution in [1.29, 1.82) is 0 Å². The van der Waals surface area contributed by atoms with Gasteiger partial charge in [0.25, 0.3) is 0 Å². The van der Waals surface area contributed by atoms with Crippen molar-refractivity contribution in [3.63, 3.8) is 0 Å². The average Bonchev–Trinajstić information content (AvgIpc) is 2.18. The predicted molar refractivity (Wildman–Crippen MR) is 62.2 cm³/mol. The third-order valence-electron chi connectivity index (χ3n) is 1.70. The summed E-state index contributed by atoms with van der Waals surface area (Å²) in [7, 11) is 0. The van der Waals surface area contributed by atoms with Crippen molar-refractivity contribution in [3.8, 4) is 0 Å². The number of carbonyl (C=O) groups excluding carboxylic acids is 1. The fourth-order valence-electron chi connectivity index (χ4n) is 0.943. The van der Waals surface area contributed by atoms with Crippen LogP contribution in [0.4, 0.5) is 5.69 Å². The number of hydrogen-bond acceptors (Lipinski definition) is 2. The number of hydrogen-bond donors (Lipinski definition) is 1. The molecule has 76 valence electrons. The van der Waals surface area contributed by atoms with Crippen molar-refractivity contribution < 1.29 is 4.79 Å². The topological polar surface area (TPSA) is 29.1 Å². The summed E-state index contributed by atoms with van der Waals surface area (Å²) >= 11 is 7.27. The minimum absolute atomic E-state index is 0.176. The first-order valence-corrected chi connectivity index (χ1v) is 5.88. The Morgan fingerprint density at radius 1 is 1.57 bits per heavy atom. The van der Waals surface area contributed by atoms with Crippen molar-refractivity contribution in [2.75, 3.05) is 11.6 Å². The van der Waals surface area contributed by atoms with E-state index in [1.807, 2.05) is 30.5 Å². The summed E-state index contributed by atoms with van der Waals surface area (Å²) in [6.07, 6.45) is 1.99. The molecule has 1 N–H and O–H groups in total. The molecule has 0 aliphatic rings. The largest absolute Gasteiger partial charge is 0.325 e. The summed E-state index contributed by atoms with van der Waals surface area (Å²) in [6, 6.07) is 7.66. The van der Waals surface area contributed by atoms with Crippen LogP contribution in [0.2, 0.25) is 0 Å². The molecular weight excluding hydrogens is 218 g/mol. The van der Waals surface area contributed by atoms with E-state index >= 15 is 0 Å². The number of halogens is 1. The van der Waals surface area contributed by atoms with E-state index in [-0.39, 0.29) is 5.91 Å². The summed E-state index contributed by atoms with van der Waals surface area (Å²) < 4.78 is 0. The van der Waals surface area contributed by atoms with Crippen molar-refractivity contribution in [2.45, 2.75) is 17.2 Å². The number of carbonyl (C=O) groups is 1. The molecule has 1 aromatic rings. The molecule has 0 aromatic heterocycles. The Morgan fingerprint density at radius 2 is 2.29 bits per heavy atom. The van der Waals surface area contributed by atoms with E-state index in [2.05, 4.69) is 5.32 Å². The fraction of sp³-hybridized carbons (Fsp3) is 0.300. The van der Waals surface area contributed by atoms with E-state index in [0.29, 0.717) is 0 Å². The predicted octanol–water partition coefficient (Wildman–Crippen LogP) is 2.97. The van der Waals surface area contributed by atoms with Gasteiger partial charge in [0, 0.05) is 10.6 Å². The Hall–Kier alpha value is -0.670. The van der Waals surface area contributed by atoms with Crippen LogP contribution in [0.1, 0.15) is 6.92 Å². The minimum atomic E-state index is -0.507. The number of thioether (sulfide) groups is 1. The fourth-order valence-corrected chi connectivity index (χ4v) is 1.46. The lowest BCUT2D eigenvalue weighted by molar-refractivity contribution is -0.115. The lowest BCUT2D eigenvalue weighted by Gasteiger charge is -2.07. The van der Waals surface area contributed by atoms with Gasteiger partial charge in [-0.3, -0.25) is 4.79 Å². The van der Waals surface area contributed by atoms with Gasteiger partial charge in [0.2, 0.25) is 5.91 Å². The molecular formula is C10H12ClNOS. The smallest absolute Gasteiger partial charge is 0.242 e. The van der Waals surface area contributed by atoms with E-state index in [9.17, 15) is 4.79 Å². The first-order valence-electron chi connectivity index (χ1n) is 4.22. The van der Waals surface area contributed by atoms with Crippen molar-refractivity contribution in [3.05, 3.63) is 24.3 Å². The molecule has 1 aromatic carbocycles. The molecule has 2 nitrogen and oxygen atoms in total. The van der Waals surface area contributed by atoms with Gasteiger partial charge in [0.05, 0.1) is 0 Å². The van der Waals surface area contributed by atoms with E-state index in [1.165, 1.54) is 0 Å². The highest BCUT2D eigenvalue weighted by Crippen LogP contribution is 2.19. The van der Waals surface area contributed by atoms with Crippen LogP contribution in [0.5, 0.6) is 0 Å². The van der Waals surface area contributed by atoms with Crippen LogP contribution in [-0.4, -0.2) is 17.5 Å². The molecule has 14 heavy (non-hydrogen) atoms. The van der Waals surface area contributed by atoms with Crippen LogP contribution in [0.3, 0.4) is 0 Å². The summed E-state index contributed by atoms with van der Waals surface area (Å²) in [5.41, 5.74) is 0.786. The van der Waals surface area contributed by atoms with Crippen LogP contribution in [0.25, 0.3) is 0 Å². The normalized spacial score (nSPS) is 12.2. The third-order valence-corrected chi connectivity index (χ3v) is 2.62. The Morgan fingerprint density at radius 3 is 2.86 bits per heavy atom. The Labute approximate surface area is 93.0 Å². The van der Waals surface area contributed by atoms with Gasteiger partial charge >= 0.3 is 0 Å². The molecule has 0 unspecified atom stereocenters. The quantitative estimate of drug-likeness (QED) is 0.638. The maximum absolute atomic E-state index is 11.3. The zero-order valence-electron chi connectivity index (χ0n) is 8.08. The zero-order valence-corrected chi connectivity index (χ0v) is 9.65. The maximum Gasteiger partial charge on any atom is 0.242 e. The molecule has 1 amide bonds. The van der Waals surface area contributed by atoms with E-state index < -0.39 is 5.38 Å². The Bertz CT molecular complexity index is 328. The molecule has 0 heterocycles. The molecule has 1 atom stereocenters. The van der Waals surface area contributed by atoms with Crippen LogP contribution >= 0.6 is 23.4 Å². The lowest BCUT2D eigenvalue weighted by atomic mass is 10.3. The zero-order chi connectivity index (χ0) is 10.6. The molecule has 0 radical (unpaired) electrons. The van der Waals surface area contributed by atoms with E-state index in [0.717, 1.165) is 10.6 Å². The highest BCUT2D eigenvalue weighted by atomic mass is 35.5. The molecule has 4 heteroatoms. The maximum atomic E-state index is 11.3. The number of benzene rings is 1. The van der Waals surface area contributed by atoms with Crippen LogP contribution in [-0.2, 0) is 4.79 Å². The second kappa shape index (κ2) is 5.27. The van der Waals surface area contributed by atoms with Crippen molar-refractivity contribution in [2.24, 2.45) is 0 Å². The molecule has 0 aliphatic carbocycles. The van der Waals surface area contributed by atoms with Gasteiger partial charge < -0.3 is 5.32 Å². The molecule has 1 rings (SSSR count). The molecule has 0 spiro atoms. The minimum Gasteiger partial charge on any atom is -0.325 e. The van der Waals surface area contributed by atoms with Crippen LogP contribution in [0.15, 0.2) is 29.2 Å². The highest BCUT2D eigenvalue weighted by Gasteiger charge is 2.08. The van der Waals surface area contributed by atoms with Crippen molar-refractivity contribution in [1.82, 2.24) is 0 Å². The summed E-state index contributed by atoms with van der Waals surface area (Å²) in [5, 5.41) is 2.23. The second-order valence-electron chi connectivity index (χ2n) is 2.84. The van der Waals surface area contributed by atoms with E-state index in [4.69, 9.17) is 11.6 Å². The SMILES string of the molecule is CSc1cccc(NC(=O)[C@H](C)Cl)c1. The number of alkyl halides is 1. The Balaban J connectivity index is 2.72. The Kier molecular flexibility index (Phi) is 4.29. The van der Waals surface area contributed by atoms with Gasteiger partial charge in [0.15, 0.2) is 0 Å². The number of nitrogens with one attached hydrogen (secondary N) is 1. The number of rotatable bonds is 3. The summed E-state index contributed by atoms with van der Waals surface area (Å²) in [5.74, 6) is -0.176. The molecule has 0 saturated carbocycles. The molecule has 0 aliphatic heterocycles. The monoisotopic (exact) mass is 229 g/mol. The highest BCUT2D eigenvalue weighted by molar-refractivity contribution is 7.98. The van der Waals surface area contributed by atoms with Crippen molar-refractivity contribution >= 4 is 35.0 Å². The van der Waals surface area contributed by atoms with Crippen LogP contribution < -0.4 is 5.32 Å². The molecule has 0 saturated heterocycles. The third kappa shape index (κ3) is 3.24.